The standard InChI is InChI=1S/C19H17NO4/c1-14(21)12-13-19(15-8-4-2-5-9-15)17(22)20(18(23)24-19)16-10-6-3-7-11-16/h2-11H,12-13H2,1H3. The van der Waals surface area contributed by atoms with Gasteiger partial charge < -0.3 is 9.53 Å². The van der Waals surface area contributed by atoms with Crippen molar-refractivity contribution in [2.24, 2.45) is 0 Å². The van der Waals surface area contributed by atoms with Gasteiger partial charge in [0.2, 0.25) is 5.60 Å². The Morgan fingerprint density at radius 3 is 2.17 bits per heavy atom. The van der Waals surface area contributed by atoms with Crippen molar-refractivity contribution in [1.29, 1.82) is 0 Å². The largest absolute Gasteiger partial charge is 0.427 e. The van der Waals surface area contributed by atoms with Crippen LogP contribution in [0.1, 0.15) is 25.3 Å². The van der Waals surface area contributed by atoms with Crippen LogP contribution in [0.15, 0.2) is 60.7 Å². The van der Waals surface area contributed by atoms with Gasteiger partial charge in [-0.1, -0.05) is 48.5 Å². The second kappa shape index (κ2) is 6.28. The maximum absolute atomic E-state index is 13.1. The van der Waals surface area contributed by atoms with Crippen LogP contribution in [0.4, 0.5) is 10.5 Å². The Kier molecular flexibility index (Phi) is 4.16. The molecule has 0 aliphatic carbocycles. The molecular formula is C19H17NO4. The molecule has 1 aliphatic rings. The van der Waals surface area contributed by atoms with Crippen molar-refractivity contribution in [3.05, 3.63) is 66.2 Å². The Morgan fingerprint density at radius 2 is 1.58 bits per heavy atom. The highest BCUT2D eigenvalue weighted by Crippen LogP contribution is 2.40. The number of cyclic esters (lactones) is 1. The first-order chi connectivity index (χ1) is 11.5. The Hall–Kier alpha value is -2.95. The van der Waals surface area contributed by atoms with Gasteiger partial charge in [0.1, 0.15) is 5.78 Å². The van der Waals surface area contributed by atoms with Crippen LogP contribution in [0.25, 0.3) is 0 Å². The van der Waals surface area contributed by atoms with Crippen molar-refractivity contribution in [1.82, 2.24) is 0 Å². The first kappa shape index (κ1) is 15.9. The van der Waals surface area contributed by atoms with Gasteiger partial charge in [0, 0.05) is 18.4 Å². The maximum Gasteiger partial charge on any atom is 0.422 e. The van der Waals surface area contributed by atoms with Crippen LogP contribution in [-0.2, 0) is 19.9 Å². The maximum atomic E-state index is 13.1. The molecule has 24 heavy (non-hydrogen) atoms. The molecule has 1 atom stereocenters. The zero-order valence-electron chi connectivity index (χ0n) is 13.3. The highest BCUT2D eigenvalue weighted by atomic mass is 16.6. The number of nitrogens with zero attached hydrogens (tertiary/aromatic N) is 1. The summed E-state index contributed by atoms with van der Waals surface area (Å²) in [5, 5.41) is 0. The topological polar surface area (TPSA) is 63.7 Å². The minimum Gasteiger partial charge on any atom is -0.427 e. The first-order valence-corrected chi connectivity index (χ1v) is 7.72. The molecule has 0 saturated carbocycles. The van der Waals surface area contributed by atoms with Crippen LogP contribution < -0.4 is 4.90 Å². The van der Waals surface area contributed by atoms with Crippen LogP contribution >= 0.6 is 0 Å². The molecule has 2 aromatic rings. The molecule has 0 bridgehead atoms. The SMILES string of the molecule is CC(=O)CCC1(c2ccccc2)OC(=O)N(c2ccccc2)C1=O. The van der Waals surface area contributed by atoms with E-state index in [0.717, 1.165) is 4.90 Å². The second-order valence-electron chi connectivity index (χ2n) is 5.74. The fourth-order valence-electron chi connectivity index (χ4n) is 2.85. The number of carbonyl (C=O) groups excluding carboxylic acids is 3. The predicted molar refractivity (Wildman–Crippen MR) is 88.4 cm³/mol. The lowest BCUT2D eigenvalue weighted by Crippen LogP contribution is -2.39. The van der Waals surface area contributed by atoms with Gasteiger partial charge in [-0.3, -0.25) is 4.79 Å². The van der Waals surface area contributed by atoms with Gasteiger partial charge in [-0.2, -0.15) is 0 Å². The number of hydrogen-bond donors (Lipinski definition) is 0. The van der Waals surface area contributed by atoms with Gasteiger partial charge in [0.25, 0.3) is 5.91 Å². The van der Waals surface area contributed by atoms with Crippen molar-refractivity contribution in [2.75, 3.05) is 4.90 Å². The number of para-hydroxylation sites is 1. The van der Waals surface area contributed by atoms with Crippen molar-refractivity contribution in [3.63, 3.8) is 0 Å². The number of benzene rings is 2. The molecule has 1 saturated heterocycles. The number of amides is 2. The van der Waals surface area contributed by atoms with E-state index in [2.05, 4.69) is 0 Å². The lowest BCUT2D eigenvalue weighted by Gasteiger charge is -2.25. The Labute approximate surface area is 139 Å². The van der Waals surface area contributed by atoms with E-state index in [9.17, 15) is 14.4 Å². The van der Waals surface area contributed by atoms with Crippen LogP contribution in [0.2, 0.25) is 0 Å². The van der Waals surface area contributed by atoms with E-state index in [1.807, 2.05) is 6.07 Å². The average Bonchev–Trinajstić information content (AvgIpc) is 2.86. The molecule has 1 unspecified atom stereocenters. The van der Waals surface area contributed by atoms with Gasteiger partial charge in [-0.25, -0.2) is 9.69 Å². The van der Waals surface area contributed by atoms with E-state index in [1.54, 1.807) is 54.6 Å². The molecule has 0 spiro atoms. The van der Waals surface area contributed by atoms with Crippen LogP contribution in [-0.4, -0.2) is 17.8 Å². The third-order valence-electron chi connectivity index (χ3n) is 4.08. The molecule has 1 aliphatic heterocycles. The van der Waals surface area contributed by atoms with E-state index in [-0.39, 0.29) is 18.6 Å². The van der Waals surface area contributed by atoms with Crippen LogP contribution in [0.5, 0.6) is 0 Å². The lowest BCUT2D eigenvalue weighted by molar-refractivity contribution is -0.132. The second-order valence-corrected chi connectivity index (χ2v) is 5.74. The van der Waals surface area contributed by atoms with Crippen molar-refractivity contribution < 1.29 is 19.1 Å². The smallest absolute Gasteiger partial charge is 0.422 e. The van der Waals surface area contributed by atoms with Gasteiger partial charge >= 0.3 is 6.09 Å². The molecule has 0 radical (unpaired) electrons. The van der Waals surface area contributed by atoms with E-state index in [0.29, 0.717) is 11.3 Å². The quantitative estimate of drug-likeness (QED) is 0.845. The molecule has 2 amide bonds. The molecule has 2 aromatic carbocycles. The molecule has 3 rings (SSSR count). The number of ketones is 1. The summed E-state index contributed by atoms with van der Waals surface area (Å²) in [5.74, 6) is -0.529. The predicted octanol–water partition coefficient (Wildman–Crippen LogP) is 3.43. The Balaban J connectivity index is 2.05. The zero-order valence-corrected chi connectivity index (χ0v) is 13.3. The third-order valence-corrected chi connectivity index (χ3v) is 4.08. The van der Waals surface area contributed by atoms with E-state index in [1.165, 1.54) is 6.92 Å². The number of ether oxygens (including phenoxy) is 1. The van der Waals surface area contributed by atoms with E-state index in [4.69, 9.17) is 4.74 Å². The number of rotatable bonds is 5. The first-order valence-electron chi connectivity index (χ1n) is 7.72. The average molecular weight is 323 g/mol. The summed E-state index contributed by atoms with van der Waals surface area (Å²) in [5.41, 5.74) is -0.434. The Bertz CT molecular complexity index is 772. The minimum absolute atomic E-state index is 0.0627. The molecule has 122 valence electrons. The summed E-state index contributed by atoms with van der Waals surface area (Å²) < 4.78 is 5.55. The molecule has 0 N–H and O–H groups in total. The van der Waals surface area contributed by atoms with Gasteiger partial charge in [-0.05, 0) is 19.1 Å². The van der Waals surface area contributed by atoms with E-state index < -0.39 is 17.6 Å². The molecule has 5 nitrogen and oxygen atoms in total. The summed E-state index contributed by atoms with van der Waals surface area (Å²) in [4.78, 5) is 38.0. The van der Waals surface area contributed by atoms with Crippen molar-refractivity contribution in [2.45, 2.75) is 25.4 Å². The van der Waals surface area contributed by atoms with Crippen LogP contribution in [0, 0.1) is 0 Å². The molecular weight excluding hydrogens is 306 g/mol. The third kappa shape index (κ3) is 2.69. The normalized spacial score (nSPS) is 20.1. The number of Topliss-reactive ketones (excluding diaryl/α,β-unsaturated/α-hetero) is 1. The van der Waals surface area contributed by atoms with Crippen molar-refractivity contribution >= 4 is 23.5 Å². The van der Waals surface area contributed by atoms with Gasteiger partial charge in [0.15, 0.2) is 0 Å². The van der Waals surface area contributed by atoms with Gasteiger partial charge in [-0.15, -0.1) is 0 Å². The number of hydrogen-bond acceptors (Lipinski definition) is 4. The molecule has 0 aromatic heterocycles. The monoisotopic (exact) mass is 323 g/mol. The van der Waals surface area contributed by atoms with E-state index >= 15 is 0 Å². The zero-order chi connectivity index (χ0) is 17.2. The Morgan fingerprint density at radius 1 is 1.00 bits per heavy atom. The van der Waals surface area contributed by atoms with Crippen LogP contribution in [0.3, 0.4) is 0 Å². The minimum atomic E-state index is -1.46. The summed E-state index contributed by atoms with van der Waals surface area (Å²) >= 11 is 0. The summed E-state index contributed by atoms with van der Waals surface area (Å²) in [6.07, 6.45) is -0.449. The molecule has 5 heteroatoms. The highest BCUT2D eigenvalue weighted by molar-refractivity contribution is 6.20. The number of anilines is 1. The molecule has 1 heterocycles. The fourth-order valence-corrected chi connectivity index (χ4v) is 2.85. The number of imide groups is 1. The highest BCUT2D eigenvalue weighted by Gasteiger charge is 2.55. The fraction of sp³-hybridized carbons (Fsp3) is 0.211. The number of carbonyl (C=O) groups is 3. The molecule has 1 fully saturated rings. The van der Waals surface area contributed by atoms with Gasteiger partial charge in [0.05, 0.1) is 5.69 Å². The summed E-state index contributed by atoms with van der Waals surface area (Å²) in [6, 6.07) is 17.5. The van der Waals surface area contributed by atoms with Crippen molar-refractivity contribution in [3.8, 4) is 0 Å². The summed E-state index contributed by atoms with van der Waals surface area (Å²) in [7, 11) is 0. The lowest BCUT2D eigenvalue weighted by atomic mass is 9.87. The summed E-state index contributed by atoms with van der Waals surface area (Å²) in [6.45, 7) is 1.45.